The van der Waals surface area contributed by atoms with E-state index in [0.29, 0.717) is 13.2 Å². The molecule has 0 aliphatic carbocycles. The number of rotatable bonds is 11. The fraction of sp³-hybridized carbons (Fsp3) is 0.933. The molecule has 1 N–H and O–H groups in total. The molecule has 0 aliphatic rings. The van der Waals surface area contributed by atoms with E-state index in [0.717, 1.165) is 13.1 Å². The maximum atomic E-state index is 12.1. The van der Waals surface area contributed by atoms with Crippen LogP contribution >= 0.6 is 0 Å². The normalized spacial score (nSPS) is 14.4. The summed E-state index contributed by atoms with van der Waals surface area (Å²) in [6.07, 6.45) is 4.70. The van der Waals surface area contributed by atoms with Crippen LogP contribution in [0.2, 0.25) is 0 Å². The molecule has 0 aromatic heterocycles. The van der Waals surface area contributed by atoms with E-state index in [9.17, 15) is 4.79 Å². The largest absolute Gasteiger partial charge is 0.465 e. The highest BCUT2D eigenvalue weighted by Gasteiger charge is 2.34. The van der Waals surface area contributed by atoms with Crippen molar-refractivity contribution < 1.29 is 9.53 Å². The second-order valence-electron chi connectivity index (χ2n) is 5.29. The monoisotopic (exact) mass is 272 g/mol. The first kappa shape index (κ1) is 18.4. The summed E-state index contributed by atoms with van der Waals surface area (Å²) in [6, 6.07) is 0. The number of nitrogens with zero attached hydrogens (tertiary/aromatic N) is 1. The van der Waals surface area contributed by atoms with Crippen LogP contribution in [0, 0.1) is 0 Å². The van der Waals surface area contributed by atoms with Crippen LogP contribution in [0.1, 0.15) is 53.4 Å². The van der Waals surface area contributed by atoms with Gasteiger partial charge in [0.1, 0.15) is 5.54 Å². The molecule has 0 aromatic carbocycles. The number of unbranched alkanes of at least 4 members (excludes halogenated alkanes) is 2. The molecule has 0 saturated carbocycles. The minimum atomic E-state index is -0.614. The van der Waals surface area contributed by atoms with Gasteiger partial charge in [-0.15, -0.1) is 0 Å². The second kappa shape index (κ2) is 10.2. The second-order valence-corrected chi connectivity index (χ2v) is 5.29. The smallest absolute Gasteiger partial charge is 0.327 e. The van der Waals surface area contributed by atoms with Crippen LogP contribution in [0.3, 0.4) is 0 Å². The number of hydrogen-bond acceptors (Lipinski definition) is 4. The lowest BCUT2D eigenvalue weighted by molar-refractivity contribution is -0.151. The van der Waals surface area contributed by atoms with E-state index in [1.165, 1.54) is 25.7 Å². The lowest BCUT2D eigenvalue weighted by Crippen LogP contribution is -2.56. The molecule has 0 saturated heterocycles. The fourth-order valence-electron chi connectivity index (χ4n) is 2.02. The van der Waals surface area contributed by atoms with Crippen LogP contribution in [-0.2, 0) is 9.53 Å². The van der Waals surface area contributed by atoms with E-state index in [1.807, 2.05) is 20.9 Å². The summed E-state index contributed by atoms with van der Waals surface area (Å²) in [5.41, 5.74) is -0.614. The van der Waals surface area contributed by atoms with Crippen molar-refractivity contribution >= 4 is 5.97 Å². The third kappa shape index (κ3) is 6.92. The summed E-state index contributed by atoms with van der Waals surface area (Å²) in [4.78, 5) is 14.4. The summed E-state index contributed by atoms with van der Waals surface area (Å²) < 4.78 is 5.18. The number of esters is 1. The molecule has 0 aliphatic heterocycles. The van der Waals surface area contributed by atoms with Gasteiger partial charge in [-0.25, -0.2) is 0 Å². The summed E-state index contributed by atoms with van der Waals surface area (Å²) in [5.74, 6) is -0.157. The zero-order valence-electron chi connectivity index (χ0n) is 13.4. The first-order chi connectivity index (χ1) is 9.03. The van der Waals surface area contributed by atoms with Gasteiger partial charge in [-0.05, 0) is 46.8 Å². The third-order valence-corrected chi connectivity index (χ3v) is 3.47. The molecule has 0 aromatic rings. The Hall–Kier alpha value is -0.610. The number of likely N-dealkylation sites (N-methyl/N-ethyl adjacent to an activating group) is 1. The van der Waals surface area contributed by atoms with Crippen molar-refractivity contribution in [1.82, 2.24) is 10.2 Å². The van der Waals surface area contributed by atoms with Gasteiger partial charge in [-0.1, -0.05) is 26.7 Å². The maximum Gasteiger partial charge on any atom is 0.327 e. The highest BCUT2D eigenvalue weighted by Crippen LogP contribution is 2.11. The predicted octanol–water partition coefficient (Wildman–Crippen LogP) is 2.43. The quantitative estimate of drug-likeness (QED) is 0.587. The van der Waals surface area contributed by atoms with Gasteiger partial charge in [0.25, 0.3) is 0 Å². The van der Waals surface area contributed by atoms with Gasteiger partial charge < -0.3 is 15.0 Å². The Labute approximate surface area is 118 Å². The summed E-state index contributed by atoms with van der Waals surface area (Å²) in [5, 5.41) is 3.13. The fourth-order valence-corrected chi connectivity index (χ4v) is 2.02. The van der Waals surface area contributed by atoms with Gasteiger partial charge in [0, 0.05) is 6.54 Å². The van der Waals surface area contributed by atoms with Gasteiger partial charge in [0.2, 0.25) is 0 Å². The van der Waals surface area contributed by atoms with E-state index in [2.05, 4.69) is 24.1 Å². The highest BCUT2D eigenvalue weighted by atomic mass is 16.5. The Kier molecular flexibility index (Phi) is 9.88. The van der Waals surface area contributed by atoms with Crippen molar-refractivity contribution in [2.45, 2.75) is 58.9 Å². The molecule has 19 heavy (non-hydrogen) atoms. The minimum absolute atomic E-state index is 0.157. The van der Waals surface area contributed by atoms with Crippen molar-refractivity contribution in [3.63, 3.8) is 0 Å². The van der Waals surface area contributed by atoms with Gasteiger partial charge in [0.15, 0.2) is 0 Å². The summed E-state index contributed by atoms with van der Waals surface area (Å²) >= 11 is 0. The first-order valence-electron chi connectivity index (χ1n) is 7.62. The molecule has 0 amide bonds. The van der Waals surface area contributed by atoms with Gasteiger partial charge >= 0.3 is 5.97 Å². The first-order valence-corrected chi connectivity index (χ1v) is 7.62. The zero-order chi connectivity index (χ0) is 14.7. The van der Waals surface area contributed by atoms with E-state index in [4.69, 9.17) is 4.74 Å². The summed E-state index contributed by atoms with van der Waals surface area (Å²) in [6.45, 7) is 11.4. The number of ether oxygens (including phenoxy) is 1. The van der Waals surface area contributed by atoms with Crippen LogP contribution in [0.15, 0.2) is 0 Å². The standard InChI is InChI=1S/C15H32N2O2/c1-6-9-11-17(12-10-7-2)13-15(4,16-5)14(18)19-8-3/h16H,6-13H2,1-5H3. The van der Waals surface area contributed by atoms with Crippen molar-refractivity contribution in [2.75, 3.05) is 33.3 Å². The van der Waals surface area contributed by atoms with Crippen LogP contribution in [0.5, 0.6) is 0 Å². The lowest BCUT2D eigenvalue weighted by atomic mass is 10.0. The van der Waals surface area contributed by atoms with E-state index < -0.39 is 5.54 Å². The molecule has 0 fully saturated rings. The lowest BCUT2D eigenvalue weighted by Gasteiger charge is -2.33. The molecule has 0 radical (unpaired) electrons. The van der Waals surface area contributed by atoms with Gasteiger partial charge in [-0.2, -0.15) is 0 Å². The Morgan fingerprint density at radius 1 is 1.16 bits per heavy atom. The van der Waals surface area contributed by atoms with Gasteiger partial charge in [-0.3, -0.25) is 4.79 Å². The molecule has 1 atom stereocenters. The average Bonchev–Trinajstić information content (AvgIpc) is 2.41. The minimum Gasteiger partial charge on any atom is -0.465 e. The Balaban J connectivity index is 4.58. The molecule has 0 heterocycles. The van der Waals surface area contributed by atoms with E-state index in [1.54, 1.807) is 0 Å². The maximum absolute atomic E-state index is 12.1. The van der Waals surface area contributed by atoms with Crippen LogP contribution < -0.4 is 5.32 Å². The Bertz CT molecular complexity index is 238. The Morgan fingerprint density at radius 2 is 1.68 bits per heavy atom. The number of hydrogen-bond donors (Lipinski definition) is 1. The zero-order valence-corrected chi connectivity index (χ0v) is 13.4. The summed E-state index contributed by atoms with van der Waals surface area (Å²) in [7, 11) is 1.83. The molecule has 1 unspecified atom stereocenters. The number of nitrogens with one attached hydrogen (secondary N) is 1. The number of carbonyl (C=O) groups excluding carboxylic acids is 1. The van der Waals surface area contributed by atoms with E-state index >= 15 is 0 Å². The topological polar surface area (TPSA) is 41.6 Å². The van der Waals surface area contributed by atoms with Gasteiger partial charge in [0.05, 0.1) is 6.61 Å². The molecule has 0 spiro atoms. The SMILES string of the molecule is CCCCN(CCCC)CC(C)(NC)C(=O)OCC. The van der Waals surface area contributed by atoms with Crippen LogP contribution in [0.25, 0.3) is 0 Å². The average molecular weight is 272 g/mol. The molecule has 4 nitrogen and oxygen atoms in total. The van der Waals surface area contributed by atoms with Crippen molar-refractivity contribution in [1.29, 1.82) is 0 Å². The van der Waals surface area contributed by atoms with Crippen molar-refractivity contribution in [2.24, 2.45) is 0 Å². The molecule has 4 heteroatoms. The number of carbonyl (C=O) groups is 1. The third-order valence-electron chi connectivity index (χ3n) is 3.47. The predicted molar refractivity (Wildman–Crippen MR) is 80.4 cm³/mol. The van der Waals surface area contributed by atoms with E-state index in [-0.39, 0.29) is 5.97 Å². The molecule has 0 bridgehead atoms. The van der Waals surface area contributed by atoms with Crippen LogP contribution in [-0.4, -0.2) is 49.7 Å². The van der Waals surface area contributed by atoms with Crippen LogP contribution in [0.4, 0.5) is 0 Å². The Morgan fingerprint density at radius 3 is 2.05 bits per heavy atom. The molecule has 114 valence electrons. The highest BCUT2D eigenvalue weighted by molar-refractivity contribution is 5.80. The molecular weight excluding hydrogens is 240 g/mol. The molecule has 0 rings (SSSR count). The van der Waals surface area contributed by atoms with Crippen molar-refractivity contribution in [3.05, 3.63) is 0 Å². The van der Waals surface area contributed by atoms with Crippen molar-refractivity contribution in [3.8, 4) is 0 Å². The molecular formula is C15H32N2O2.